The number of halogens is 1. The minimum absolute atomic E-state index is 0.0705. The van der Waals surface area contributed by atoms with Crippen molar-refractivity contribution in [2.45, 2.75) is 6.54 Å². The quantitative estimate of drug-likeness (QED) is 0.441. The maximum Gasteiger partial charge on any atom is 0.252 e. The zero-order chi connectivity index (χ0) is 20.9. The third-order valence-electron chi connectivity index (χ3n) is 4.78. The van der Waals surface area contributed by atoms with Gasteiger partial charge in [-0.3, -0.25) is 4.79 Å². The number of aliphatic hydroxyl groups excluding tert-OH is 1. The van der Waals surface area contributed by atoms with Crippen LogP contribution in [0.25, 0.3) is 16.6 Å². The number of amides is 1. The first-order chi connectivity index (χ1) is 14.7. The lowest BCUT2D eigenvalue weighted by atomic mass is 10.1. The SMILES string of the molecule is O=C(NCc1ccc(NCCO)cc1)c1cccc2c1cnn2-c1ccc(F)cc1. The molecule has 0 bridgehead atoms. The van der Waals surface area contributed by atoms with Crippen LogP contribution in [0, 0.1) is 5.82 Å². The van der Waals surface area contributed by atoms with Crippen LogP contribution in [-0.4, -0.2) is 33.9 Å². The summed E-state index contributed by atoms with van der Waals surface area (Å²) in [6, 6.07) is 19.2. The van der Waals surface area contributed by atoms with Crippen LogP contribution >= 0.6 is 0 Å². The number of carbonyl (C=O) groups excluding carboxylic acids is 1. The Morgan fingerprint density at radius 2 is 1.80 bits per heavy atom. The predicted octanol–water partition coefficient (Wildman–Crippen LogP) is 3.50. The Morgan fingerprint density at radius 3 is 2.53 bits per heavy atom. The molecule has 1 aromatic heterocycles. The topological polar surface area (TPSA) is 79.2 Å². The van der Waals surface area contributed by atoms with Gasteiger partial charge < -0.3 is 15.7 Å². The zero-order valence-corrected chi connectivity index (χ0v) is 16.2. The summed E-state index contributed by atoms with van der Waals surface area (Å²) in [5.74, 6) is -0.505. The third-order valence-corrected chi connectivity index (χ3v) is 4.78. The molecule has 0 radical (unpaired) electrons. The van der Waals surface area contributed by atoms with Gasteiger partial charge >= 0.3 is 0 Å². The van der Waals surface area contributed by atoms with E-state index in [4.69, 9.17) is 5.11 Å². The van der Waals surface area contributed by atoms with Crippen molar-refractivity contribution in [3.05, 3.63) is 89.9 Å². The fourth-order valence-corrected chi connectivity index (χ4v) is 3.26. The molecule has 0 saturated carbocycles. The van der Waals surface area contributed by atoms with Crippen LogP contribution in [0.4, 0.5) is 10.1 Å². The summed E-state index contributed by atoms with van der Waals surface area (Å²) in [6.45, 7) is 0.953. The van der Waals surface area contributed by atoms with Crippen molar-refractivity contribution in [2.75, 3.05) is 18.5 Å². The molecule has 1 heterocycles. The molecule has 152 valence electrons. The van der Waals surface area contributed by atoms with E-state index in [1.54, 1.807) is 35.1 Å². The van der Waals surface area contributed by atoms with Gasteiger partial charge in [0, 0.05) is 24.2 Å². The normalized spacial score (nSPS) is 10.9. The molecule has 0 saturated heterocycles. The number of hydrogen-bond donors (Lipinski definition) is 3. The lowest BCUT2D eigenvalue weighted by Crippen LogP contribution is -2.23. The Hall–Kier alpha value is -3.71. The highest BCUT2D eigenvalue weighted by Crippen LogP contribution is 2.22. The average Bonchev–Trinajstić information content (AvgIpc) is 3.21. The van der Waals surface area contributed by atoms with E-state index < -0.39 is 0 Å². The molecule has 30 heavy (non-hydrogen) atoms. The molecule has 0 spiro atoms. The molecule has 3 N–H and O–H groups in total. The molecule has 4 rings (SSSR count). The van der Waals surface area contributed by atoms with Crippen molar-refractivity contribution >= 4 is 22.5 Å². The molecule has 0 aliphatic rings. The molecule has 6 nitrogen and oxygen atoms in total. The van der Waals surface area contributed by atoms with Gasteiger partial charge in [0.05, 0.1) is 29.6 Å². The number of benzene rings is 3. The van der Waals surface area contributed by atoms with Gasteiger partial charge in [0.1, 0.15) is 5.82 Å². The lowest BCUT2D eigenvalue weighted by molar-refractivity contribution is 0.0952. The molecule has 0 unspecified atom stereocenters. The van der Waals surface area contributed by atoms with Gasteiger partial charge in [-0.2, -0.15) is 5.10 Å². The summed E-state index contributed by atoms with van der Waals surface area (Å²) >= 11 is 0. The summed E-state index contributed by atoms with van der Waals surface area (Å²) in [7, 11) is 0. The zero-order valence-electron chi connectivity index (χ0n) is 16.2. The van der Waals surface area contributed by atoms with E-state index in [0.717, 1.165) is 27.8 Å². The Balaban J connectivity index is 1.50. The number of nitrogens with zero attached hydrogens (tertiary/aromatic N) is 2. The molecular weight excluding hydrogens is 383 g/mol. The van der Waals surface area contributed by atoms with E-state index in [9.17, 15) is 9.18 Å². The fraction of sp³-hybridized carbons (Fsp3) is 0.130. The summed E-state index contributed by atoms with van der Waals surface area (Å²) in [5, 5.41) is 20.0. The van der Waals surface area contributed by atoms with Crippen LogP contribution in [0.2, 0.25) is 0 Å². The second-order valence-electron chi connectivity index (χ2n) is 6.80. The van der Waals surface area contributed by atoms with Gasteiger partial charge in [-0.05, 0) is 54.1 Å². The molecule has 7 heteroatoms. The van der Waals surface area contributed by atoms with Crippen LogP contribution in [0.5, 0.6) is 0 Å². The van der Waals surface area contributed by atoms with Gasteiger partial charge in [-0.1, -0.05) is 18.2 Å². The van der Waals surface area contributed by atoms with Crippen molar-refractivity contribution in [1.29, 1.82) is 0 Å². The number of rotatable bonds is 7. The smallest absolute Gasteiger partial charge is 0.252 e. The molecule has 4 aromatic rings. The monoisotopic (exact) mass is 404 g/mol. The van der Waals surface area contributed by atoms with E-state index in [2.05, 4.69) is 15.7 Å². The number of anilines is 1. The summed E-state index contributed by atoms with van der Waals surface area (Å²) < 4.78 is 14.9. The fourth-order valence-electron chi connectivity index (χ4n) is 3.26. The van der Waals surface area contributed by atoms with E-state index in [-0.39, 0.29) is 18.3 Å². The van der Waals surface area contributed by atoms with Crippen LogP contribution in [-0.2, 0) is 6.54 Å². The average molecular weight is 404 g/mol. The Labute approximate surface area is 173 Å². The van der Waals surface area contributed by atoms with Crippen molar-refractivity contribution in [1.82, 2.24) is 15.1 Å². The second-order valence-corrected chi connectivity index (χ2v) is 6.80. The van der Waals surface area contributed by atoms with E-state index in [1.807, 2.05) is 30.3 Å². The molecule has 0 aliphatic carbocycles. The first-order valence-electron chi connectivity index (χ1n) is 9.60. The summed E-state index contributed by atoms with van der Waals surface area (Å²) in [4.78, 5) is 12.8. The van der Waals surface area contributed by atoms with Crippen LogP contribution in [0.3, 0.4) is 0 Å². The predicted molar refractivity (Wildman–Crippen MR) is 114 cm³/mol. The van der Waals surface area contributed by atoms with Crippen LogP contribution < -0.4 is 10.6 Å². The molecule has 1 amide bonds. The van der Waals surface area contributed by atoms with Crippen molar-refractivity contribution < 1.29 is 14.3 Å². The Morgan fingerprint density at radius 1 is 1.03 bits per heavy atom. The van der Waals surface area contributed by atoms with E-state index in [1.165, 1.54) is 12.1 Å². The molecule has 0 aliphatic heterocycles. The maximum absolute atomic E-state index is 13.2. The van der Waals surface area contributed by atoms with Gasteiger partial charge in [-0.15, -0.1) is 0 Å². The highest BCUT2D eigenvalue weighted by molar-refractivity contribution is 6.06. The number of nitrogens with one attached hydrogen (secondary N) is 2. The standard InChI is InChI=1S/C23H21FN4O2/c24-17-6-10-19(11-7-17)28-22-3-1-2-20(21(22)15-27-28)23(30)26-14-16-4-8-18(9-5-16)25-12-13-29/h1-11,15,25,29H,12-14H2,(H,26,30). The Bertz CT molecular complexity index is 1150. The first kappa shape index (κ1) is 19.6. The second kappa shape index (κ2) is 8.75. The van der Waals surface area contributed by atoms with Gasteiger partial charge in [-0.25, -0.2) is 9.07 Å². The van der Waals surface area contributed by atoms with Crippen LogP contribution in [0.15, 0.2) is 72.9 Å². The number of hydrogen-bond acceptors (Lipinski definition) is 4. The van der Waals surface area contributed by atoms with Crippen molar-refractivity contribution in [3.8, 4) is 5.69 Å². The van der Waals surface area contributed by atoms with Gasteiger partial charge in [0.15, 0.2) is 0 Å². The number of carbonyl (C=O) groups is 1. The number of aromatic nitrogens is 2. The van der Waals surface area contributed by atoms with E-state index in [0.29, 0.717) is 18.7 Å². The minimum Gasteiger partial charge on any atom is -0.395 e. The molecular formula is C23H21FN4O2. The highest BCUT2D eigenvalue weighted by Gasteiger charge is 2.14. The van der Waals surface area contributed by atoms with Gasteiger partial charge in [0.25, 0.3) is 5.91 Å². The largest absolute Gasteiger partial charge is 0.395 e. The molecule has 3 aromatic carbocycles. The van der Waals surface area contributed by atoms with E-state index >= 15 is 0 Å². The summed E-state index contributed by atoms with van der Waals surface area (Å²) in [6.07, 6.45) is 1.65. The minimum atomic E-state index is -0.313. The molecule has 0 atom stereocenters. The van der Waals surface area contributed by atoms with Crippen molar-refractivity contribution in [3.63, 3.8) is 0 Å². The maximum atomic E-state index is 13.2. The number of fused-ring (bicyclic) bond motifs is 1. The highest BCUT2D eigenvalue weighted by atomic mass is 19.1. The van der Waals surface area contributed by atoms with Gasteiger partial charge in [0.2, 0.25) is 0 Å². The Kier molecular flexibility index (Phi) is 5.72. The third kappa shape index (κ3) is 4.16. The lowest BCUT2D eigenvalue weighted by Gasteiger charge is -2.09. The van der Waals surface area contributed by atoms with Crippen molar-refractivity contribution in [2.24, 2.45) is 0 Å². The first-order valence-corrected chi connectivity index (χ1v) is 9.60. The number of aliphatic hydroxyl groups is 1. The van der Waals surface area contributed by atoms with Crippen LogP contribution in [0.1, 0.15) is 15.9 Å². The summed E-state index contributed by atoms with van der Waals surface area (Å²) in [5.41, 5.74) is 3.90. The molecule has 0 fully saturated rings.